The van der Waals surface area contributed by atoms with Gasteiger partial charge in [-0.25, -0.2) is 17.8 Å². The monoisotopic (exact) mass is 429 g/mol. The lowest BCUT2D eigenvalue weighted by Crippen LogP contribution is -2.18. The van der Waals surface area contributed by atoms with Crippen molar-refractivity contribution in [2.24, 2.45) is 0 Å². The molecule has 0 radical (unpaired) electrons. The van der Waals surface area contributed by atoms with Crippen LogP contribution in [0.4, 0.5) is 9.52 Å². The Bertz CT molecular complexity index is 1280. The van der Waals surface area contributed by atoms with Gasteiger partial charge in [0, 0.05) is 34.2 Å². The molecule has 9 heteroatoms. The minimum absolute atomic E-state index is 0.0680. The third-order valence-corrected chi connectivity index (χ3v) is 6.76. The summed E-state index contributed by atoms with van der Waals surface area (Å²) in [5.74, 6) is -1.35. The second-order valence-corrected chi connectivity index (χ2v) is 9.23. The number of nitrogens with one attached hydrogen (secondary N) is 1. The highest BCUT2D eigenvalue weighted by molar-refractivity contribution is 7.90. The summed E-state index contributed by atoms with van der Waals surface area (Å²) in [5.41, 5.74) is 0.708. The van der Waals surface area contributed by atoms with Crippen LogP contribution in [0.1, 0.15) is 5.56 Å². The molecule has 0 saturated carbocycles. The predicted octanol–water partition coefficient (Wildman–Crippen LogP) is 3.85. The summed E-state index contributed by atoms with van der Waals surface area (Å²) in [7, 11) is -3.83. The van der Waals surface area contributed by atoms with Crippen LogP contribution in [0.15, 0.2) is 71.2 Å². The molecule has 0 unspecified atom stereocenters. The number of hydrogen-bond acceptors (Lipinski definition) is 5. The molecule has 0 bridgehead atoms. The summed E-state index contributed by atoms with van der Waals surface area (Å²) in [5, 5.41) is 5.39. The second kappa shape index (κ2) is 7.76. The van der Waals surface area contributed by atoms with Gasteiger partial charge in [-0.05, 0) is 12.1 Å². The van der Waals surface area contributed by atoms with Gasteiger partial charge in [-0.2, -0.15) is 0 Å². The second-order valence-electron chi connectivity index (χ2n) is 6.37. The highest BCUT2D eigenvalue weighted by Gasteiger charge is 2.23. The van der Waals surface area contributed by atoms with E-state index in [0.717, 1.165) is 0 Å². The number of amides is 1. The summed E-state index contributed by atoms with van der Waals surface area (Å²) in [4.78, 5) is 16.4. The number of aromatic nitrogens is 2. The van der Waals surface area contributed by atoms with Gasteiger partial charge in [-0.1, -0.05) is 36.4 Å². The molecular weight excluding hydrogens is 413 g/mol. The number of fused-ring (bicyclic) bond motifs is 1. The normalized spacial score (nSPS) is 11.6. The van der Waals surface area contributed by atoms with E-state index >= 15 is 0 Å². The first-order chi connectivity index (χ1) is 13.9. The first-order valence-corrected chi connectivity index (χ1v) is 11.2. The first kappa shape index (κ1) is 19.3. The van der Waals surface area contributed by atoms with Crippen molar-refractivity contribution in [1.82, 2.24) is 9.55 Å². The number of para-hydroxylation sites is 1. The molecule has 1 amide bonds. The van der Waals surface area contributed by atoms with Crippen molar-refractivity contribution in [3.63, 3.8) is 0 Å². The number of sulfone groups is 1. The zero-order valence-electron chi connectivity index (χ0n) is 15.1. The molecule has 0 fully saturated rings. The molecule has 2 heterocycles. The number of anilines is 1. The van der Waals surface area contributed by atoms with Gasteiger partial charge in [-0.15, -0.1) is 11.3 Å². The van der Waals surface area contributed by atoms with Crippen LogP contribution in [-0.2, 0) is 26.9 Å². The molecule has 0 spiro atoms. The fraction of sp³-hybridized carbons (Fsp3) is 0.100. The Kier molecular flexibility index (Phi) is 5.16. The molecular formula is C20H16FN3O3S2. The van der Waals surface area contributed by atoms with Crippen molar-refractivity contribution in [3.8, 4) is 0 Å². The van der Waals surface area contributed by atoms with Crippen LogP contribution >= 0.6 is 11.3 Å². The number of halogens is 1. The minimum atomic E-state index is -3.83. The summed E-state index contributed by atoms with van der Waals surface area (Å²) in [6, 6.07) is 12.7. The van der Waals surface area contributed by atoms with E-state index in [1.54, 1.807) is 46.5 Å². The molecule has 0 aliphatic carbocycles. The Hall–Kier alpha value is -3.04. The smallest absolute Gasteiger partial charge is 0.246 e. The van der Waals surface area contributed by atoms with Crippen molar-refractivity contribution in [2.75, 3.05) is 5.32 Å². The van der Waals surface area contributed by atoms with Gasteiger partial charge in [0.1, 0.15) is 12.4 Å². The predicted molar refractivity (Wildman–Crippen MR) is 110 cm³/mol. The van der Waals surface area contributed by atoms with E-state index in [2.05, 4.69) is 10.3 Å². The Morgan fingerprint density at radius 3 is 2.66 bits per heavy atom. The minimum Gasteiger partial charge on any atom is -0.337 e. The van der Waals surface area contributed by atoms with Crippen LogP contribution in [0.25, 0.3) is 10.9 Å². The zero-order chi connectivity index (χ0) is 20.4. The van der Waals surface area contributed by atoms with Gasteiger partial charge >= 0.3 is 0 Å². The maximum Gasteiger partial charge on any atom is 0.246 e. The van der Waals surface area contributed by atoms with E-state index < -0.39 is 21.4 Å². The average Bonchev–Trinajstić information content (AvgIpc) is 3.32. The number of hydrogen-bond donors (Lipinski definition) is 1. The molecule has 1 N–H and O–H groups in total. The lowest BCUT2D eigenvalue weighted by Gasteiger charge is -2.05. The third-order valence-electron chi connectivity index (χ3n) is 4.38. The number of carbonyl (C=O) groups excluding carboxylic acids is 1. The van der Waals surface area contributed by atoms with Gasteiger partial charge in [0.15, 0.2) is 15.0 Å². The molecule has 2 aromatic heterocycles. The topological polar surface area (TPSA) is 81.1 Å². The van der Waals surface area contributed by atoms with Crippen LogP contribution in [-0.4, -0.2) is 23.9 Å². The number of nitrogens with zero attached hydrogens (tertiary/aromatic N) is 2. The molecule has 6 nitrogen and oxygen atoms in total. The SMILES string of the molecule is O=C(Cn1cc(S(=O)(=O)Cc2ccccc2F)c2ccccc21)Nc1nccs1. The highest BCUT2D eigenvalue weighted by Crippen LogP contribution is 2.28. The molecule has 148 valence electrons. The van der Waals surface area contributed by atoms with Crippen molar-refractivity contribution in [1.29, 1.82) is 0 Å². The van der Waals surface area contributed by atoms with Crippen LogP contribution in [0.5, 0.6) is 0 Å². The van der Waals surface area contributed by atoms with Gasteiger partial charge in [0.05, 0.1) is 10.6 Å². The Morgan fingerprint density at radius 2 is 1.90 bits per heavy atom. The Balaban J connectivity index is 1.68. The van der Waals surface area contributed by atoms with E-state index in [9.17, 15) is 17.6 Å². The van der Waals surface area contributed by atoms with Gasteiger partial charge in [0.25, 0.3) is 0 Å². The molecule has 2 aromatic carbocycles. The van der Waals surface area contributed by atoms with E-state index in [0.29, 0.717) is 16.0 Å². The van der Waals surface area contributed by atoms with Crippen molar-refractivity contribution in [2.45, 2.75) is 17.2 Å². The number of thiazole rings is 1. The average molecular weight is 429 g/mol. The number of carbonyl (C=O) groups is 1. The Morgan fingerprint density at radius 1 is 1.14 bits per heavy atom. The van der Waals surface area contributed by atoms with E-state index in [4.69, 9.17) is 0 Å². The Labute approximate surface area is 170 Å². The van der Waals surface area contributed by atoms with Crippen LogP contribution in [0.2, 0.25) is 0 Å². The van der Waals surface area contributed by atoms with Gasteiger partial charge in [-0.3, -0.25) is 4.79 Å². The third kappa shape index (κ3) is 4.06. The molecule has 0 aliphatic rings. The van der Waals surface area contributed by atoms with Crippen molar-refractivity contribution >= 4 is 43.1 Å². The van der Waals surface area contributed by atoms with Crippen molar-refractivity contribution in [3.05, 3.63) is 77.7 Å². The largest absolute Gasteiger partial charge is 0.337 e. The molecule has 0 aliphatic heterocycles. The lowest BCUT2D eigenvalue weighted by molar-refractivity contribution is -0.116. The summed E-state index contributed by atoms with van der Waals surface area (Å²) >= 11 is 1.29. The summed E-state index contributed by atoms with van der Waals surface area (Å²) in [6.45, 7) is -0.0741. The standard InChI is InChI=1S/C20H16FN3O3S2/c21-16-7-3-1-5-14(16)13-29(26,27)18-11-24(17-8-4-2-6-15(17)18)12-19(25)23-20-22-9-10-28-20/h1-11H,12-13H2,(H,22,23,25). The highest BCUT2D eigenvalue weighted by atomic mass is 32.2. The van der Waals surface area contributed by atoms with Crippen LogP contribution in [0.3, 0.4) is 0 Å². The summed E-state index contributed by atoms with van der Waals surface area (Å²) < 4.78 is 41.6. The van der Waals surface area contributed by atoms with Gasteiger partial charge in [0.2, 0.25) is 5.91 Å². The van der Waals surface area contributed by atoms with Gasteiger partial charge < -0.3 is 9.88 Å². The van der Waals surface area contributed by atoms with Crippen molar-refractivity contribution < 1.29 is 17.6 Å². The number of benzene rings is 2. The van der Waals surface area contributed by atoms with E-state index in [1.807, 2.05) is 0 Å². The van der Waals surface area contributed by atoms with Crippen LogP contribution < -0.4 is 5.32 Å². The zero-order valence-corrected chi connectivity index (χ0v) is 16.7. The van der Waals surface area contributed by atoms with E-state index in [1.165, 1.54) is 35.7 Å². The summed E-state index contributed by atoms with van der Waals surface area (Å²) in [6.07, 6.45) is 3.01. The maximum absolute atomic E-state index is 14.0. The fourth-order valence-electron chi connectivity index (χ4n) is 3.09. The molecule has 4 rings (SSSR count). The molecule has 4 aromatic rings. The lowest BCUT2D eigenvalue weighted by atomic mass is 10.2. The quantitative estimate of drug-likeness (QED) is 0.505. The maximum atomic E-state index is 14.0. The van der Waals surface area contributed by atoms with E-state index in [-0.39, 0.29) is 22.9 Å². The number of rotatable bonds is 6. The molecule has 29 heavy (non-hydrogen) atoms. The molecule has 0 atom stereocenters. The fourth-order valence-corrected chi connectivity index (χ4v) is 5.23. The first-order valence-electron chi connectivity index (χ1n) is 8.67. The van der Waals surface area contributed by atoms with Crippen LogP contribution in [0, 0.1) is 5.82 Å². The molecule has 0 saturated heterocycles.